The van der Waals surface area contributed by atoms with E-state index in [9.17, 15) is 4.79 Å². The number of carboxylic acids is 1. The first-order valence-corrected chi connectivity index (χ1v) is 4.81. The summed E-state index contributed by atoms with van der Waals surface area (Å²) in [5.41, 5.74) is 0.884. The van der Waals surface area contributed by atoms with Gasteiger partial charge in [0, 0.05) is 4.47 Å². The van der Waals surface area contributed by atoms with Crippen molar-refractivity contribution in [1.29, 1.82) is 5.26 Å². The highest BCUT2D eigenvalue weighted by Gasteiger charge is 2.09. The number of nitriles is 1. The summed E-state index contributed by atoms with van der Waals surface area (Å²) in [7, 11) is 0. The molecule has 0 fully saturated rings. The molecule has 72 valence electrons. The zero-order chi connectivity index (χ0) is 10.7. The number of halogens is 2. The Kier molecular flexibility index (Phi) is 3.50. The molecule has 0 saturated heterocycles. The highest BCUT2D eigenvalue weighted by Crippen LogP contribution is 2.25. The second-order valence-corrected chi connectivity index (χ2v) is 3.87. The number of hydrogen-bond acceptors (Lipinski definition) is 2. The minimum atomic E-state index is -0.938. The average molecular weight is 275 g/mol. The van der Waals surface area contributed by atoms with E-state index >= 15 is 0 Å². The van der Waals surface area contributed by atoms with Crippen molar-refractivity contribution in [2.24, 2.45) is 0 Å². The average Bonchev–Trinajstić information content (AvgIpc) is 2.10. The lowest BCUT2D eigenvalue weighted by Crippen LogP contribution is -2.01. The molecule has 0 heterocycles. The Morgan fingerprint density at radius 3 is 2.79 bits per heavy atom. The Balaban J connectivity index is 3.16. The summed E-state index contributed by atoms with van der Waals surface area (Å²) >= 11 is 8.93. The second-order valence-electron chi connectivity index (χ2n) is 2.61. The van der Waals surface area contributed by atoms with E-state index in [0.29, 0.717) is 15.6 Å². The van der Waals surface area contributed by atoms with Gasteiger partial charge in [0.25, 0.3) is 0 Å². The van der Waals surface area contributed by atoms with E-state index in [1.807, 2.05) is 6.07 Å². The maximum atomic E-state index is 10.5. The van der Waals surface area contributed by atoms with Gasteiger partial charge in [-0.15, -0.1) is 0 Å². The summed E-state index contributed by atoms with van der Waals surface area (Å²) in [6, 6.07) is 4.91. The summed E-state index contributed by atoms with van der Waals surface area (Å²) in [4.78, 5) is 10.5. The van der Waals surface area contributed by atoms with Crippen molar-refractivity contribution in [3.8, 4) is 6.07 Å². The maximum absolute atomic E-state index is 10.5. The van der Waals surface area contributed by atoms with Crippen LogP contribution in [0.2, 0.25) is 5.02 Å². The Hall–Kier alpha value is -1.05. The predicted molar refractivity (Wildman–Crippen MR) is 55.2 cm³/mol. The molecule has 14 heavy (non-hydrogen) atoms. The third-order valence-corrected chi connectivity index (χ3v) is 2.65. The molecule has 0 unspecified atom stereocenters. The zero-order valence-electron chi connectivity index (χ0n) is 6.92. The van der Waals surface area contributed by atoms with Crippen LogP contribution in [0.4, 0.5) is 0 Å². The predicted octanol–water partition coefficient (Wildman–Crippen LogP) is 2.60. The van der Waals surface area contributed by atoms with Gasteiger partial charge in [0.2, 0.25) is 0 Å². The number of nitrogens with zero attached hydrogens (tertiary/aromatic N) is 1. The van der Waals surface area contributed by atoms with Crippen LogP contribution in [0.5, 0.6) is 0 Å². The molecule has 0 atom stereocenters. The normalized spacial score (nSPS) is 9.50. The van der Waals surface area contributed by atoms with Gasteiger partial charge in [0.1, 0.15) is 6.07 Å². The van der Waals surface area contributed by atoms with Crippen LogP contribution in [0.1, 0.15) is 11.1 Å². The summed E-state index contributed by atoms with van der Waals surface area (Å²) < 4.78 is 0.584. The van der Waals surface area contributed by atoms with Crippen LogP contribution in [0.25, 0.3) is 0 Å². The minimum absolute atomic E-state index is 0.119. The van der Waals surface area contributed by atoms with E-state index in [2.05, 4.69) is 15.9 Å². The molecular weight excluding hydrogens is 269 g/mol. The van der Waals surface area contributed by atoms with Crippen LogP contribution in [-0.4, -0.2) is 11.1 Å². The molecule has 0 radical (unpaired) electrons. The van der Waals surface area contributed by atoms with E-state index in [-0.39, 0.29) is 11.4 Å². The van der Waals surface area contributed by atoms with Crippen molar-refractivity contribution >= 4 is 33.5 Å². The maximum Gasteiger partial charge on any atom is 0.307 e. The van der Waals surface area contributed by atoms with E-state index in [4.69, 9.17) is 22.0 Å². The molecular formula is C9H5BrClNO2. The highest BCUT2D eigenvalue weighted by molar-refractivity contribution is 9.10. The molecule has 1 aromatic carbocycles. The van der Waals surface area contributed by atoms with Gasteiger partial charge < -0.3 is 5.11 Å². The van der Waals surface area contributed by atoms with Crippen molar-refractivity contribution < 1.29 is 9.90 Å². The smallest absolute Gasteiger partial charge is 0.307 e. The SMILES string of the molecule is N#Cc1cc(Br)c(CC(=O)O)cc1Cl. The van der Waals surface area contributed by atoms with Crippen LogP contribution < -0.4 is 0 Å². The summed E-state index contributed by atoms with van der Waals surface area (Å²) in [6.07, 6.45) is -0.119. The first kappa shape index (κ1) is 11.0. The van der Waals surface area contributed by atoms with Crippen molar-refractivity contribution in [3.05, 3.63) is 32.8 Å². The molecule has 5 heteroatoms. The van der Waals surface area contributed by atoms with E-state index < -0.39 is 5.97 Å². The Labute approximate surface area is 94.0 Å². The van der Waals surface area contributed by atoms with Gasteiger partial charge in [-0.05, 0) is 17.7 Å². The number of hydrogen-bond donors (Lipinski definition) is 1. The van der Waals surface area contributed by atoms with Gasteiger partial charge in [-0.3, -0.25) is 4.79 Å². The van der Waals surface area contributed by atoms with E-state index in [0.717, 1.165) is 0 Å². The van der Waals surface area contributed by atoms with Crippen LogP contribution >= 0.6 is 27.5 Å². The second kappa shape index (κ2) is 4.45. The zero-order valence-corrected chi connectivity index (χ0v) is 9.26. The molecule has 0 aliphatic carbocycles. The summed E-state index contributed by atoms with van der Waals surface area (Å²) in [5, 5.41) is 17.5. The number of carboxylic acid groups (broad SMARTS) is 1. The van der Waals surface area contributed by atoms with Gasteiger partial charge in [0.05, 0.1) is 17.0 Å². The minimum Gasteiger partial charge on any atom is -0.481 e. The monoisotopic (exact) mass is 273 g/mol. The first-order chi connectivity index (χ1) is 6.54. The van der Waals surface area contributed by atoms with Crippen LogP contribution in [0.15, 0.2) is 16.6 Å². The van der Waals surface area contributed by atoms with Crippen molar-refractivity contribution in [1.82, 2.24) is 0 Å². The number of aliphatic carboxylic acids is 1. The molecule has 1 N–H and O–H groups in total. The van der Waals surface area contributed by atoms with Gasteiger partial charge in [-0.25, -0.2) is 0 Å². The molecule has 0 saturated carbocycles. The lowest BCUT2D eigenvalue weighted by atomic mass is 10.1. The molecule has 0 spiro atoms. The molecule has 0 bridgehead atoms. The quantitative estimate of drug-likeness (QED) is 0.901. The fourth-order valence-electron chi connectivity index (χ4n) is 0.972. The van der Waals surface area contributed by atoms with Crippen molar-refractivity contribution in [2.45, 2.75) is 6.42 Å². The van der Waals surface area contributed by atoms with Gasteiger partial charge in [-0.2, -0.15) is 5.26 Å². The first-order valence-electron chi connectivity index (χ1n) is 3.64. The summed E-state index contributed by atoms with van der Waals surface area (Å²) in [5.74, 6) is -0.938. The highest BCUT2D eigenvalue weighted by atomic mass is 79.9. The fourth-order valence-corrected chi connectivity index (χ4v) is 1.68. The molecule has 3 nitrogen and oxygen atoms in total. The van der Waals surface area contributed by atoms with E-state index in [1.165, 1.54) is 12.1 Å². The topological polar surface area (TPSA) is 61.1 Å². The lowest BCUT2D eigenvalue weighted by Gasteiger charge is -2.03. The largest absolute Gasteiger partial charge is 0.481 e. The van der Waals surface area contributed by atoms with Gasteiger partial charge in [0.15, 0.2) is 0 Å². The lowest BCUT2D eigenvalue weighted by molar-refractivity contribution is -0.136. The third-order valence-electron chi connectivity index (χ3n) is 1.60. The van der Waals surface area contributed by atoms with E-state index in [1.54, 1.807) is 0 Å². The molecule has 0 aliphatic heterocycles. The molecule has 1 aromatic rings. The Morgan fingerprint density at radius 1 is 1.64 bits per heavy atom. The third kappa shape index (κ3) is 2.47. The van der Waals surface area contributed by atoms with Gasteiger partial charge in [-0.1, -0.05) is 27.5 Å². The van der Waals surface area contributed by atoms with Crippen molar-refractivity contribution in [2.75, 3.05) is 0 Å². The number of carbonyl (C=O) groups is 1. The summed E-state index contributed by atoms with van der Waals surface area (Å²) in [6.45, 7) is 0. The Morgan fingerprint density at radius 2 is 2.29 bits per heavy atom. The standard InChI is InChI=1S/C9H5BrClNO2/c10-7-1-6(4-12)8(11)2-5(7)3-9(13)14/h1-2H,3H2,(H,13,14). The number of benzene rings is 1. The number of rotatable bonds is 2. The van der Waals surface area contributed by atoms with Gasteiger partial charge >= 0.3 is 5.97 Å². The fraction of sp³-hybridized carbons (Fsp3) is 0.111. The molecule has 0 aromatic heterocycles. The van der Waals surface area contributed by atoms with Crippen LogP contribution in [0, 0.1) is 11.3 Å². The molecule has 0 amide bonds. The van der Waals surface area contributed by atoms with Crippen LogP contribution in [-0.2, 0) is 11.2 Å². The molecule has 0 aliphatic rings. The Bertz CT molecular complexity index is 426. The van der Waals surface area contributed by atoms with Crippen molar-refractivity contribution in [3.63, 3.8) is 0 Å². The van der Waals surface area contributed by atoms with Crippen LogP contribution in [0.3, 0.4) is 0 Å². The molecule has 1 rings (SSSR count).